The molecular weight excluding hydrogens is 232 g/mol. The third-order valence-corrected chi connectivity index (χ3v) is 3.53. The van der Waals surface area contributed by atoms with Crippen LogP contribution in [-0.4, -0.2) is 49.1 Å². The Morgan fingerprint density at radius 3 is 2.22 bits per heavy atom. The number of amides is 1. The first-order chi connectivity index (χ1) is 8.50. The molecule has 0 unspecified atom stereocenters. The van der Waals surface area contributed by atoms with E-state index in [-0.39, 0.29) is 17.7 Å². The monoisotopic (exact) mass is 256 g/mol. The van der Waals surface area contributed by atoms with Crippen LogP contribution in [0.15, 0.2) is 0 Å². The van der Waals surface area contributed by atoms with Crippen molar-refractivity contribution in [2.75, 3.05) is 27.2 Å². The van der Waals surface area contributed by atoms with Crippen molar-refractivity contribution < 1.29 is 14.7 Å². The number of nitrogens with zero attached hydrogens (tertiary/aromatic N) is 1. The summed E-state index contributed by atoms with van der Waals surface area (Å²) in [5.41, 5.74) is 0. The van der Waals surface area contributed by atoms with Gasteiger partial charge >= 0.3 is 5.97 Å². The highest BCUT2D eigenvalue weighted by Gasteiger charge is 2.29. The lowest BCUT2D eigenvalue weighted by Crippen LogP contribution is -2.35. The molecule has 0 aromatic rings. The van der Waals surface area contributed by atoms with Crippen LogP contribution >= 0.6 is 0 Å². The first-order valence-electron chi connectivity index (χ1n) is 6.66. The van der Waals surface area contributed by atoms with Crippen molar-refractivity contribution in [2.24, 2.45) is 11.8 Å². The van der Waals surface area contributed by atoms with Crippen LogP contribution in [0.1, 0.15) is 32.1 Å². The molecule has 0 aromatic heterocycles. The minimum absolute atomic E-state index is 0.0138. The van der Waals surface area contributed by atoms with Gasteiger partial charge in [-0.15, -0.1) is 0 Å². The van der Waals surface area contributed by atoms with Crippen LogP contribution in [0, 0.1) is 11.8 Å². The average Bonchev–Trinajstić information content (AvgIpc) is 2.34. The summed E-state index contributed by atoms with van der Waals surface area (Å²) in [5, 5.41) is 11.8. The van der Waals surface area contributed by atoms with E-state index in [1.165, 1.54) is 0 Å². The molecule has 0 atom stereocenters. The molecule has 5 heteroatoms. The molecule has 0 heterocycles. The molecule has 1 fully saturated rings. The Labute approximate surface area is 109 Å². The highest BCUT2D eigenvalue weighted by molar-refractivity contribution is 5.79. The molecule has 1 rings (SSSR count). The zero-order valence-corrected chi connectivity index (χ0v) is 11.3. The second-order valence-electron chi connectivity index (χ2n) is 5.33. The van der Waals surface area contributed by atoms with Crippen LogP contribution in [-0.2, 0) is 9.59 Å². The fraction of sp³-hybridized carbons (Fsp3) is 0.846. The van der Waals surface area contributed by atoms with Crippen LogP contribution in [0.5, 0.6) is 0 Å². The molecule has 1 aliphatic carbocycles. The summed E-state index contributed by atoms with van der Waals surface area (Å²) in [6.45, 7) is 1.67. The summed E-state index contributed by atoms with van der Waals surface area (Å²) in [6, 6.07) is 0. The van der Waals surface area contributed by atoms with Crippen LogP contribution in [0.2, 0.25) is 0 Å². The molecule has 0 aromatic carbocycles. The van der Waals surface area contributed by atoms with E-state index in [0.717, 1.165) is 13.0 Å². The smallest absolute Gasteiger partial charge is 0.306 e. The average molecular weight is 256 g/mol. The molecule has 0 radical (unpaired) electrons. The number of carboxylic acid groups (broad SMARTS) is 1. The highest BCUT2D eigenvalue weighted by Crippen LogP contribution is 2.28. The third kappa shape index (κ3) is 5.04. The van der Waals surface area contributed by atoms with E-state index in [1.807, 2.05) is 14.1 Å². The second-order valence-corrected chi connectivity index (χ2v) is 5.33. The number of rotatable bonds is 6. The number of aliphatic carboxylic acids is 1. The highest BCUT2D eigenvalue weighted by atomic mass is 16.4. The molecule has 0 saturated heterocycles. The fourth-order valence-corrected chi connectivity index (χ4v) is 2.35. The molecule has 1 saturated carbocycles. The Morgan fingerprint density at radius 2 is 1.72 bits per heavy atom. The van der Waals surface area contributed by atoms with Crippen LogP contribution in [0.25, 0.3) is 0 Å². The minimum Gasteiger partial charge on any atom is -0.481 e. The number of carbonyl (C=O) groups is 2. The number of hydrogen-bond acceptors (Lipinski definition) is 3. The molecule has 0 spiro atoms. The predicted octanol–water partition coefficient (Wildman–Crippen LogP) is 0.945. The lowest BCUT2D eigenvalue weighted by atomic mass is 9.81. The van der Waals surface area contributed by atoms with Gasteiger partial charge in [-0.3, -0.25) is 9.59 Å². The van der Waals surface area contributed by atoms with Crippen molar-refractivity contribution in [3.63, 3.8) is 0 Å². The van der Waals surface area contributed by atoms with Gasteiger partial charge in [0.25, 0.3) is 0 Å². The maximum Gasteiger partial charge on any atom is 0.306 e. The van der Waals surface area contributed by atoms with E-state index in [9.17, 15) is 9.59 Å². The van der Waals surface area contributed by atoms with Crippen molar-refractivity contribution in [3.05, 3.63) is 0 Å². The molecule has 1 aliphatic rings. The van der Waals surface area contributed by atoms with Crippen molar-refractivity contribution >= 4 is 11.9 Å². The fourth-order valence-electron chi connectivity index (χ4n) is 2.35. The van der Waals surface area contributed by atoms with Crippen molar-refractivity contribution in [1.29, 1.82) is 0 Å². The Kier molecular flexibility index (Phi) is 6.12. The third-order valence-electron chi connectivity index (χ3n) is 3.53. The second kappa shape index (κ2) is 7.36. The molecule has 104 valence electrons. The summed E-state index contributed by atoms with van der Waals surface area (Å²) in [5.74, 6) is -0.861. The van der Waals surface area contributed by atoms with Gasteiger partial charge in [-0.1, -0.05) is 0 Å². The number of carboxylic acids is 1. The lowest BCUT2D eigenvalue weighted by Gasteiger charge is -2.25. The van der Waals surface area contributed by atoms with Crippen LogP contribution in [0.3, 0.4) is 0 Å². The standard InChI is InChI=1S/C13H24N2O3/c1-15(2)9-3-8-14-12(16)10-4-6-11(7-5-10)13(17)18/h10-11H,3-9H2,1-2H3,(H,14,16)(H,17,18). The number of carbonyl (C=O) groups excluding carboxylic acids is 1. The summed E-state index contributed by atoms with van der Waals surface area (Å²) in [4.78, 5) is 24.7. The molecular formula is C13H24N2O3. The summed E-state index contributed by atoms with van der Waals surface area (Å²) < 4.78 is 0. The SMILES string of the molecule is CN(C)CCCNC(=O)C1CCC(C(=O)O)CC1. The summed E-state index contributed by atoms with van der Waals surface area (Å²) in [7, 11) is 4.02. The van der Waals surface area contributed by atoms with Gasteiger partial charge in [0, 0.05) is 12.5 Å². The molecule has 0 aliphatic heterocycles. The van der Waals surface area contributed by atoms with E-state index in [0.29, 0.717) is 32.2 Å². The van der Waals surface area contributed by atoms with Gasteiger partial charge in [-0.05, 0) is 52.7 Å². The number of hydrogen-bond donors (Lipinski definition) is 2. The van der Waals surface area contributed by atoms with Crippen molar-refractivity contribution in [3.8, 4) is 0 Å². The Balaban J connectivity index is 2.18. The van der Waals surface area contributed by atoms with Gasteiger partial charge in [0.2, 0.25) is 5.91 Å². The topological polar surface area (TPSA) is 69.6 Å². The molecule has 18 heavy (non-hydrogen) atoms. The maximum absolute atomic E-state index is 11.8. The summed E-state index contributed by atoms with van der Waals surface area (Å²) >= 11 is 0. The normalized spacial score (nSPS) is 23.9. The zero-order valence-electron chi connectivity index (χ0n) is 11.3. The first kappa shape index (κ1) is 15.0. The zero-order chi connectivity index (χ0) is 13.5. The van der Waals surface area contributed by atoms with E-state index < -0.39 is 5.97 Å². The van der Waals surface area contributed by atoms with Crippen molar-refractivity contribution in [2.45, 2.75) is 32.1 Å². The summed E-state index contributed by atoms with van der Waals surface area (Å²) in [6.07, 6.45) is 3.62. The Morgan fingerprint density at radius 1 is 1.17 bits per heavy atom. The molecule has 1 amide bonds. The van der Waals surface area contributed by atoms with Crippen LogP contribution < -0.4 is 5.32 Å². The van der Waals surface area contributed by atoms with E-state index >= 15 is 0 Å². The van der Waals surface area contributed by atoms with Crippen LogP contribution in [0.4, 0.5) is 0 Å². The van der Waals surface area contributed by atoms with Gasteiger partial charge in [-0.25, -0.2) is 0 Å². The van der Waals surface area contributed by atoms with E-state index in [4.69, 9.17) is 5.11 Å². The number of nitrogens with one attached hydrogen (secondary N) is 1. The predicted molar refractivity (Wildman–Crippen MR) is 69.3 cm³/mol. The van der Waals surface area contributed by atoms with Gasteiger partial charge < -0.3 is 15.3 Å². The van der Waals surface area contributed by atoms with E-state index in [1.54, 1.807) is 0 Å². The molecule has 5 nitrogen and oxygen atoms in total. The van der Waals surface area contributed by atoms with Gasteiger partial charge in [0.15, 0.2) is 0 Å². The van der Waals surface area contributed by atoms with Gasteiger partial charge in [-0.2, -0.15) is 0 Å². The molecule has 2 N–H and O–H groups in total. The quantitative estimate of drug-likeness (QED) is 0.694. The minimum atomic E-state index is -0.722. The Bertz CT molecular complexity index is 284. The van der Waals surface area contributed by atoms with E-state index in [2.05, 4.69) is 10.2 Å². The lowest BCUT2D eigenvalue weighted by molar-refractivity contribution is -0.144. The maximum atomic E-state index is 11.8. The molecule has 0 bridgehead atoms. The van der Waals surface area contributed by atoms with Gasteiger partial charge in [0.1, 0.15) is 0 Å². The van der Waals surface area contributed by atoms with Crippen molar-refractivity contribution in [1.82, 2.24) is 10.2 Å². The first-order valence-corrected chi connectivity index (χ1v) is 6.66. The van der Waals surface area contributed by atoms with Gasteiger partial charge in [0.05, 0.1) is 5.92 Å². The Hall–Kier alpha value is -1.10. The largest absolute Gasteiger partial charge is 0.481 e.